The molecule has 1 unspecified atom stereocenters. The van der Waals surface area contributed by atoms with Gasteiger partial charge in [-0.2, -0.15) is 0 Å². The van der Waals surface area contributed by atoms with Crippen LogP contribution in [-0.2, 0) is 27.5 Å². The number of benzene rings is 2. The van der Waals surface area contributed by atoms with Gasteiger partial charge in [-0.15, -0.1) is 4.36 Å². The number of amides is 3. The number of aryl methyl sites for hydroxylation is 1. The van der Waals surface area contributed by atoms with Crippen LogP contribution in [0.25, 0.3) is 0 Å². The first kappa shape index (κ1) is 33.8. The van der Waals surface area contributed by atoms with Gasteiger partial charge in [-0.25, -0.2) is 9.00 Å². The number of allylic oxidation sites excluding steroid dienone is 1. The van der Waals surface area contributed by atoms with Crippen LogP contribution in [-0.4, -0.2) is 60.9 Å². The number of nitrogens with zero attached hydrogens (tertiary/aromatic N) is 2. The molecule has 254 valence electrons. The second-order valence-electron chi connectivity index (χ2n) is 13.5. The molecular weight excluding hydrogens is 636 g/mol. The minimum atomic E-state index is -3.39. The second kappa shape index (κ2) is 15.0. The zero-order valence-corrected chi connectivity index (χ0v) is 29.0. The summed E-state index contributed by atoms with van der Waals surface area (Å²) < 4.78 is 33.2. The molecule has 2 N–H and O–H groups in total. The van der Waals surface area contributed by atoms with E-state index in [0.29, 0.717) is 49.3 Å². The molecule has 9 nitrogen and oxygen atoms in total. The van der Waals surface area contributed by atoms with Crippen molar-refractivity contribution in [2.24, 2.45) is 22.1 Å². The Hall–Kier alpha value is -3.08. The Morgan fingerprint density at radius 1 is 1.11 bits per heavy atom. The molecular formula is C36H47ClN4O5S. The lowest BCUT2D eigenvalue weighted by Gasteiger charge is -2.43. The van der Waals surface area contributed by atoms with Gasteiger partial charge >= 0.3 is 6.03 Å². The van der Waals surface area contributed by atoms with Crippen molar-refractivity contribution < 1.29 is 23.3 Å². The monoisotopic (exact) mass is 682 g/mol. The molecule has 2 fully saturated rings. The maximum Gasteiger partial charge on any atom is 0.327 e. The van der Waals surface area contributed by atoms with Crippen LogP contribution in [0.1, 0.15) is 73.4 Å². The molecule has 0 aromatic heterocycles. The van der Waals surface area contributed by atoms with Crippen LogP contribution in [0.2, 0.25) is 5.02 Å². The molecule has 2 aromatic carbocycles. The fourth-order valence-corrected chi connectivity index (χ4v) is 8.70. The number of urea groups is 1. The maximum atomic E-state index is 14.1. The lowest BCUT2D eigenvalue weighted by atomic mass is 9.70. The highest BCUT2D eigenvalue weighted by molar-refractivity contribution is 7.92. The third-order valence-corrected chi connectivity index (χ3v) is 12.2. The number of fused-ring (bicyclic) bond motifs is 3. The van der Waals surface area contributed by atoms with Gasteiger partial charge in [0.2, 0.25) is 0 Å². The van der Waals surface area contributed by atoms with Gasteiger partial charge in [0.15, 0.2) is 0 Å². The summed E-state index contributed by atoms with van der Waals surface area (Å²) >= 11 is 6.40. The molecule has 47 heavy (non-hydrogen) atoms. The number of carbonyl (C=O) groups excluding carboxylic acids is 2. The fraction of sp³-hybridized carbons (Fsp3) is 0.556. The minimum absolute atomic E-state index is 0.0286. The third-order valence-electron chi connectivity index (χ3n) is 10.1. The molecule has 2 bridgehead atoms. The summed E-state index contributed by atoms with van der Waals surface area (Å²) in [5, 5.41) is 3.60. The number of hydrogen-bond donors (Lipinski definition) is 2. The molecule has 0 radical (unpaired) electrons. The predicted octanol–water partition coefficient (Wildman–Crippen LogP) is 6.73. The maximum absolute atomic E-state index is 14.1. The van der Waals surface area contributed by atoms with Crippen LogP contribution >= 0.6 is 11.6 Å². The number of halogens is 1. The first-order valence-corrected chi connectivity index (χ1v) is 19.1. The Bertz CT molecular complexity index is 1620. The van der Waals surface area contributed by atoms with Gasteiger partial charge in [-0.3, -0.25) is 9.52 Å². The van der Waals surface area contributed by atoms with Crippen molar-refractivity contribution >= 4 is 39.1 Å². The smallest absolute Gasteiger partial charge is 0.327 e. The lowest BCUT2D eigenvalue weighted by Crippen LogP contribution is -2.44. The van der Waals surface area contributed by atoms with Crippen molar-refractivity contribution in [2.45, 2.75) is 76.9 Å². The molecule has 2 aliphatic heterocycles. The normalized spacial score (nSPS) is 30.4. The Labute approximate surface area is 284 Å². The first-order chi connectivity index (χ1) is 22.7. The van der Waals surface area contributed by atoms with E-state index in [4.69, 9.17) is 21.1 Å². The van der Waals surface area contributed by atoms with E-state index in [2.05, 4.69) is 43.6 Å². The van der Waals surface area contributed by atoms with Gasteiger partial charge in [-0.1, -0.05) is 36.7 Å². The largest absolute Gasteiger partial charge is 0.491 e. The van der Waals surface area contributed by atoms with Gasteiger partial charge in [0.05, 0.1) is 24.2 Å². The van der Waals surface area contributed by atoms with Crippen LogP contribution < -0.4 is 19.7 Å². The van der Waals surface area contributed by atoms with Crippen LogP contribution in [0.4, 0.5) is 10.5 Å². The summed E-state index contributed by atoms with van der Waals surface area (Å²) in [5.41, 5.74) is 3.68. The van der Waals surface area contributed by atoms with Gasteiger partial charge in [-0.05, 0) is 117 Å². The minimum Gasteiger partial charge on any atom is -0.491 e. The number of nitrogens with one attached hydrogen (secondary N) is 2. The Morgan fingerprint density at radius 3 is 2.72 bits per heavy atom. The zero-order valence-electron chi connectivity index (χ0n) is 27.4. The quantitative estimate of drug-likeness (QED) is 0.348. The SMILES string of the molecule is CO[C@H]1/C=C/CCCS(=O)(NC(=O)N[C@H]2C[C@H]2C)=NC(=O)c2ccc3c(c2)N(CCc2ccc(Cl)cc2CCCCO3)C[C@@H]2CC[C@H]21. The summed E-state index contributed by atoms with van der Waals surface area (Å²) in [5.74, 6) is 1.31. The molecule has 0 spiro atoms. The van der Waals surface area contributed by atoms with E-state index in [1.165, 1.54) is 11.1 Å². The van der Waals surface area contributed by atoms with Crippen molar-refractivity contribution in [2.75, 3.05) is 37.5 Å². The van der Waals surface area contributed by atoms with E-state index in [1.54, 1.807) is 13.2 Å². The van der Waals surface area contributed by atoms with Crippen molar-refractivity contribution in [1.29, 1.82) is 0 Å². The first-order valence-electron chi connectivity index (χ1n) is 17.1. The number of anilines is 1. The molecule has 2 aliphatic carbocycles. The molecule has 2 saturated carbocycles. The zero-order chi connectivity index (χ0) is 33.0. The average Bonchev–Trinajstić information content (AvgIpc) is 3.72. The molecule has 6 rings (SSSR count). The molecule has 11 heteroatoms. The average molecular weight is 683 g/mol. The Balaban J connectivity index is 1.38. The van der Waals surface area contributed by atoms with Crippen molar-refractivity contribution in [1.82, 2.24) is 10.0 Å². The Kier molecular flexibility index (Phi) is 10.8. The fourth-order valence-electron chi connectivity index (χ4n) is 6.99. The Morgan fingerprint density at radius 2 is 1.96 bits per heavy atom. The molecule has 2 aromatic rings. The van der Waals surface area contributed by atoms with Crippen LogP contribution in [0.15, 0.2) is 52.9 Å². The van der Waals surface area contributed by atoms with E-state index < -0.39 is 21.9 Å². The number of hydrogen-bond acceptors (Lipinski definition) is 6. The summed E-state index contributed by atoms with van der Waals surface area (Å²) in [6.45, 7) is 4.09. The van der Waals surface area contributed by atoms with Crippen LogP contribution in [0.3, 0.4) is 0 Å². The third kappa shape index (κ3) is 8.51. The number of methoxy groups -OCH3 is 1. The van der Waals surface area contributed by atoms with E-state index in [9.17, 15) is 13.8 Å². The molecule has 2 heterocycles. The lowest BCUT2D eigenvalue weighted by molar-refractivity contribution is 0.0135. The summed E-state index contributed by atoms with van der Waals surface area (Å²) in [6, 6.07) is 11.0. The van der Waals surface area contributed by atoms with Crippen molar-refractivity contribution in [3.63, 3.8) is 0 Å². The van der Waals surface area contributed by atoms with Gasteiger partial charge in [0.1, 0.15) is 15.7 Å². The van der Waals surface area contributed by atoms with Gasteiger partial charge < -0.3 is 19.7 Å². The van der Waals surface area contributed by atoms with E-state index in [0.717, 1.165) is 68.0 Å². The summed E-state index contributed by atoms with van der Waals surface area (Å²) in [7, 11) is -1.63. The highest BCUT2D eigenvalue weighted by Crippen LogP contribution is 2.41. The molecule has 0 saturated heterocycles. The van der Waals surface area contributed by atoms with Crippen LogP contribution in [0, 0.1) is 17.8 Å². The summed E-state index contributed by atoms with van der Waals surface area (Å²) in [4.78, 5) is 28.9. The standard InChI is InChI=1S/C36H47ClN4O5S/c1-24-20-31(24)38-36(43)40-47(44)19-7-3-4-9-33(45-2)30-14-11-28(30)23-41-17-16-25-10-13-29(37)21-26(25)8-5-6-18-46-34-15-12-27(22-32(34)41)35(42)39-47/h4,9-10,12-13,15,21-22,24,28,30-31,33H,3,5-8,11,14,16-20,23H2,1-2H3,(H2,38,39,40,42,43,44)/b9-4+/t24-,28+,30-,31+,33+,47?/m1/s1. The van der Waals surface area contributed by atoms with E-state index in [-0.39, 0.29) is 17.9 Å². The van der Waals surface area contributed by atoms with E-state index in [1.807, 2.05) is 25.1 Å². The van der Waals surface area contributed by atoms with Crippen molar-refractivity contribution in [3.05, 3.63) is 70.3 Å². The van der Waals surface area contributed by atoms with Gasteiger partial charge in [0.25, 0.3) is 5.91 Å². The number of carbonyl (C=O) groups is 2. The van der Waals surface area contributed by atoms with Gasteiger partial charge in [0, 0.05) is 36.8 Å². The molecule has 4 aliphatic rings. The second-order valence-corrected chi connectivity index (χ2v) is 16.0. The van der Waals surface area contributed by atoms with E-state index >= 15 is 0 Å². The summed E-state index contributed by atoms with van der Waals surface area (Å²) in [6.07, 6.45) is 11.9. The van der Waals surface area contributed by atoms with Crippen LogP contribution in [0.5, 0.6) is 5.75 Å². The molecule has 6 atom stereocenters. The van der Waals surface area contributed by atoms with Crippen molar-refractivity contribution in [3.8, 4) is 5.75 Å². The highest BCUT2D eigenvalue weighted by Gasteiger charge is 2.38. The number of rotatable bonds is 3. The topological polar surface area (TPSA) is 109 Å². The molecule has 3 amide bonds. The number of ether oxygens (including phenoxy) is 2. The highest BCUT2D eigenvalue weighted by atomic mass is 35.5. The predicted molar refractivity (Wildman–Crippen MR) is 187 cm³/mol.